The highest BCUT2D eigenvalue weighted by molar-refractivity contribution is 5.78. The van der Waals surface area contributed by atoms with Crippen LogP contribution in [0.15, 0.2) is 84.9 Å². The molecule has 0 N–H and O–H groups in total. The average molecular weight is 415 g/mol. The summed E-state index contributed by atoms with van der Waals surface area (Å²) in [5.41, 5.74) is 3.49. The largest absolute Gasteiger partial charge is 0.337 e. The van der Waals surface area contributed by atoms with E-state index in [1.165, 1.54) is 23.3 Å². The molecule has 3 nitrogen and oxygen atoms in total. The van der Waals surface area contributed by atoms with Crippen LogP contribution in [-0.4, -0.2) is 40.9 Å². The summed E-state index contributed by atoms with van der Waals surface area (Å²) in [5.74, 6) is 0.117. The predicted octanol–water partition coefficient (Wildman–Crippen LogP) is 4.83. The zero-order valence-corrected chi connectivity index (χ0v) is 17.5. The van der Waals surface area contributed by atoms with E-state index in [0.717, 1.165) is 31.6 Å². The first-order valence-electron chi connectivity index (χ1n) is 11.1. The minimum absolute atomic E-state index is 0.0735. The zero-order valence-electron chi connectivity index (χ0n) is 17.5. The van der Waals surface area contributed by atoms with Crippen LogP contribution in [0.2, 0.25) is 0 Å². The Morgan fingerprint density at radius 2 is 1.45 bits per heavy atom. The van der Waals surface area contributed by atoms with Gasteiger partial charge < -0.3 is 4.90 Å². The molecule has 158 valence electrons. The highest BCUT2D eigenvalue weighted by Crippen LogP contribution is 2.35. The molecule has 3 aromatic carbocycles. The number of fused-ring (bicyclic) bond motifs is 2. The van der Waals surface area contributed by atoms with E-state index in [1.807, 2.05) is 48.5 Å². The third-order valence-electron chi connectivity index (χ3n) is 6.76. The number of carbonyl (C=O) groups excluding carboxylic acids is 1. The van der Waals surface area contributed by atoms with Crippen molar-refractivity contribution < 1.29 is 9.18 Å². The smallest absolute Gasteiger partial charge is 0.223 e. The number of rotatable bonds is 6. The molecule has 0 spiro atoms. The maximum Gasteiger partial charge on any atom is 0.223 e. The Bertz CT molecular complexity index is 983. The summed E-state index contributed by atoms with van der Waals surface area (Å²) < 4.78 is 13.2. The van der Waals surface area contributed by atoms with E-state index in [0.29, 0.717) is 12.5 Å². The maximum atomic E-state index is 13.4. The summed E-state index contributed by atoms with van der Waals surface area (Å²) in [6, 6.07) is 28.1. The van der Waals surface area contributed by atoms with Crippen LogP contribution in [0.5, 0.6) is 0 Å². The van der Waals surface area contributed by atoms with Gasteiger partial charge >= 0.3 is 0 Å². The zero-order chi connectivity index (χ0) is 21.2. The molecule has 2 saturated heterocycles. The first-order valence-corrected chi connectivity index (χ1v) is 11.1. The van der Waals surface area contributed by atoms with E-state index in [1.54, 1.807) is 0 Å². The second-order valence-electron chi connectivity index (χ2n) is 8.72. The molecule has 0 radical (unpaired) electrons. The number of likely N-dealkylation sites (tertiary alicyclic amines) is 2. The molecule has 0 unspecified atom stereocenters. The van der Waals surface area contributed by atoms with Crippen molar-refractivity contribution in [3.05, 3.63) is 107 Å². The number of carbonyl (C=O) groups is 1. The normalized spacial score (nSPS) is 20.5. The molecule has 2 aliphatic rings. The van der Waals surface area contributed by atoms with Crippen LogP contribution in [-0.2, 0) is 11.3 Å². The van der Waals surface area contributed by atoms with Crippen molar-refractivity contribution in [2.24, 2.45) is 0 Å². The summed E-state index contributed by atoms with van der Waals surface area (Å²) in [6.45, 7) is 2.51. The van der Waals surface area contributed by atoms with E-state index < -0.39 is 0 Å². The number of hydrogen-bond donors (Lipinski definition) is 0. The first-order chi connectivity index (χ1) is 15.2. The van der Waals surface area contributed by atoms with E-state index in [2.05, 4.69) is 34.1 Å². The van der Waals surface area contributed by atoms with Crippen molar-refractivity contribution in [2.75, 3.05) is 13.1 Å². The second-order valence-corrected chi connectivity index (χ2v) is 8.72. The fraction of sp³-hybridized carbons (Fsp3) is 0.296. The van der Waals surface area contributed by atoms with Crippen molar-refractivity contribution in [3.8, 4) is 0 Å². The van der Waals surface area contributed by atoms with Crippen molar-refractivity contribution in [3.63, 3.8) is 0 Å². The van der Waals surface area contributed by atoms with Gasteiger partial charge in [0.15, 0.2) is 0 Å². The standard InChI is InChI=1S/C27H27FN2O/c28-23-13-11-20(12-14-23)17-29-18-25-15-24(29)19-30(25)27(31)16-26(21-7-3-1-4-8-21)22-9-5-2-6-10-22/h1-14,24-26H,15-19H2/t24-,25+/m1/s1. The molecule has 2 heterocycles. The van der Waals surface area contributed by atoms with Crippen LogP contribution in [0.3, 0.4) is 0 Å². The van der Waals surface area contributed by atoms with Crippen LogP contribution in [0.4, 0.5) is 4.39 Å². The molecule has 31 heavy (non-hydrogen) atoms. The fourth-order valence-corrected chi connectivity index (χ4v) is 5.16. The van der Waals surface area contributed by atoms with Crippen LogP contribution in [0, 0.1) is 5.82 Å². The lowest BCUT2D eigenvalue weighted by molar-refractivity contribution is -0.133. The van der Waals surface area contributed by atoms with E-state index in [9.17, 15) is 9.18 Å². The summed E-state index contributed by atoms with van der Waals surface area (Å²) >= 11 is 0. The van der Waals surface area contributed by atoms with Crippen LogP contribution in [0.1, 0.15) is 35.4 Å². The summed E-state index contributed by atoms with van der Waals surface area (Å²) in [5, 5.41) is 0. The molecule has 1 amide bonds. The van der Waals surface area contributed by atoms with Gasteiger partial charge in [0.1, 0.15) is 5.82 Å². The van der Waals surface area contributed by atoms with Crippen LogP contribution < -0.4 is 0 Å². The first kappa shape index (κ1) is 20.0. The highest BCUT2D eigenvalue weighted by Gasteiger charge is 2.45. The minimum atomic E-state index is -0.199. The van der Waals surface area contributed by atoms with Crippen molar-refractivity contribution in [1.82, 2.24) is 9.80 Å². The number of nitrogens with zero attached hydrogens (tertiary/aromatic N) is 2. The van der Waals surface area contributed by atoms with Crippen molar-refractivity contribution >= 4 is 5.91 Å². The monoisotopic (exact) mass is 414 g/mol. The molecule has 2 aliphatic heterocycles. The van der Waals surface area contributed by atoms with Gasteiger partial charge in [-0.25, -0.2) is 4.39 Å². The topological polar surface area (TPSA) is 23.6 Å². The van der Waals surface area contributed by atoms with Gasteiger partial charge in [-0.05, 0) is 35.2 Å². The lowest BCUT2D eigenvalue weighted by atomic mass is 9.88. The Balaban J connectivity index is 1.26. The second kappa shape index (κ2) is 8.64. The van der Waals surface area contributed by atoms with Gasteiger partial charge in [0.05, 0.1) is 0 Å². The number of hydrogen-bond acceptors (Lipinski definition) is 2. The third kappa shape index (κ3) is 4.26. The number of benzene rings is 3. The molecule has 5 rings (SSSR count). The lowest BCUT2D eigenvalue weighted by Gasteiger charge is -2.35. The SMILES string of the molecule is O=C(CC(c1ccccc1)c1ccccc1)N1C[C@H]2C[C@H]1CN2Cc1ccc(F)cc1. The Labute approximate surface area is 183 Å². The molecular formula is C27H27FN2O. The third-order valence-corrected chi connectivity index (χ3v) is 6.76. The maximum absolute atomic E-state index is 13.4. The van der Waals surface area contributed by atoms with Gasteiger partial charge in [0.25, 0.3) is 0 Å². The molecule has 2 bridgehead atoms. The Kier molecular flexibility index (Phi) is 5.56. The van der Waals surface area contributed by atoms with E-state index in [4.69, 9.17) is 0 Å². The van der Waals surface area contributed by atoms with Gasteiger partial charge in [-0.3, -0.25) is 9.69 Å². The molecule has 2 atom stereocenters. The predicted molar refractivity (Wildman–Crippen MR) is 120 cm³/mol. The van der Waals surface area contributed by atoms with Gasteiger partial charge in [-0.2, -0.15) is 0 Å². The van der Waals surface area contributed by atoms with Gasteiger partial charge in [0.2, 0.25) is 5.91 Å². The van der Waals surface area contributed by atoms with Crippen molar-refractivity contribution in [1.29, 1.82) is 0 Å². The number of piperazine rings is 1. The van der Waals surface area contributed by atoms with Crippen LogP contribution in [0.25, 0.3) is 0 Å². The lowest BCUT2D eigenvalue weighted by Crippen LogP contribution is -2.48. The Morgan fingerprint density at radius 3 is 2.00 bits per heavy atom. The Morgan fingerprint density at radius 1 is 0.839 bits per heavy atom. The summed E-state index contributed by atoms with van der Waals surface area (Å²) in [6.07, 6.45) is 1.53. The molecule has 0 aromatic heterocycles. The molecular weight excluding hydrogens is 387 g/mol. The van der Waals surface area contributed by atoms with Crippen LogP contribution >= 0.6 is 0 Å². The quantitative estimate of drug-likeness (QED) is 0.577. The Hall–Kier alpha value is -2.98. The van der Waals surface area contributed by atoms with Gasteiger partial charge in [-0.1, -0.05) is 72.8 Å². The molecule has 2 fully saturated rings. The average Bonchev–Trinajstić information content (AvgIpc) is 3.41. The van der Waals surface area contributed by atoms with E-state index in [-0.39, 0.29) is 23.7 Å². The number of halogens is 1. The molecule has 4 heteroatoms. The molecule has 0 aliphatic carbocycles. The van der Waals surface area contributed by atoms with Crippen molar-refractivity contribution in [2.45, 2.75) is 37.4 Å². The summed E-state index contributed by atoms with van der Waals surface area (Å²) in [4.78, 5) is 17.9. The minimum Gasteiger partial charge on any atom is -0.337 e. The summed E-state index contributed by atoms with van der Waals surface area (Å²) in [7, 11) is 0. The van der Waals surface area contributed by atoms with Gasteiger partial charge in [0, 0.05) is 44.1 Å². The van der Waals surface area contributed by atoms with E-state index >= 15 is 0 Å². The fourth-order valence-electron chi connectivity index (χ4n) is 5.16. The highest BCUT2D eigenvalue weighted by atomic mass is 19.1. The van der Waals surface area contributed by atoms with Gasteiger partial charge in [-0.15, -0.1) is 0 Å². The molecule has 3 aromatic rings. The number of amides is 1. The molecule has 0 saturated carbocycles.